The van der Waals surface area contributed by atoms with E-state index in [4.69, 9.17) is 11.6 Å². The van der Waals surface area contributed by atoms with Gasteiger partial charge in [-0.1, -0.05) is 49.7 Å². The van der Waals surface area contributed by atoms with E-state index in [1.807, 2.05) is 18.2 Å². The van der Waals surface area contributed by atoms with Gasteiger partial charge in [-0.2, -0.15) is 0 Å². The summed E-state index contributed by atoms with van der Waals surface area (Å²) in [6, 6.07) is 6.28. The molecule has 3 heteroatoms. The van der Waals surface area contributed by atoms with Gasteiger partial charge in [0.25, 0.3) is 0 Å². The zero-order chi connectivity index (χ0) is 13.1. The fraction of sp³-hybridized carbons (Fsp3) is 0.400. The summed E-state index contributed by atoms with van der Waals surface area (Å²) in [5.41, 5.74) is 2.24. The minimum Gasteiger partial charge on any atom is -0.350 e. The molecule has 2 nitrogen and oxygen atoms in total. The topological polar surface area (TPSA) is 29.1 Å². The first-order chi connectivity index (χ1) is 8.56. The lowest BCUT2D eigenvalue weighted by atomic mass is 10.0. The molecule has 1 aromatic rings. The van der Waals surface area contributed by atoms with E-state index in [0.29, 0.717) is 12.3 Å². The van der Waals surface area contributed by atoms with Crippen molar-refractivity contribution in [3.63, 3.8) is 0 Å². The standard InChI is InChI=1S/C15H18ClNO/c1-10(2)13-7-4-11(9-14(13)16)3-5-12-6-8-15(18)17-12/h3-5,7,9-10,12H,6,8H2,1-2H3,(H,17,18)/b5-3+/t12-/m0/s1. The van der Waals surface area contributed by atoms with Crippen molar-refractivity contribution in [1.29, 1.82) is 0 Å². The molecular formula is C15H18ClNO. The van der Waals surface area contributed by atoms with E-state index < -0.39 is 0 Å². The van der Waals surface area contributed by atoms with Gasteiger partial charge in [0.05, 0.1) is 0 Å². The summed E-state index contributed by atoms with van der Waals surface area (Å²) in [6.07, 6.45) is 5.56. The lowest BCUT2D eigenvalue weighted by molar-refractivity contribution is -0.119. The second kappa shape index (κ2) is 5.57. The minimum atomic E-state index is 0.137. The Morgan fingerprint density at radius 2 is 2.22 bits per heavy atom. The molecule has 0 unspecified atom stereocenters. The lowest BCUT2D eigenvalue weighted by Crippen LogP contribution is -2.22. The number of carbonyl (C=O) groups excluding carboxylic acids is 1. The molecule has 0 aliphatic carbocycles. The average Bonchev–Trinajstić information content (AvgIpc) is 2.72. The number of hydrogen-bond acceptors (Lipinski definition) is 1. The monoisotopic (exact) mass is 263 g/mol. The highest BCUT2D eigenvalue weighted by Crippen LogP contribution is 2.25. The van der Waals surface area contributed by atoms with Crippen molar-refractivity contribution in [2.45, 2.75) is 38.6 Å². The molecule has 0 bridgehead atoms. The van der Waals surface area contributed by atoms with Crippen LogP contribution in [0.4, 0.5) is 0 Å². The number of hydrogen-bond donors (Lipinski definition) is 1. The van der Waals surface area contributed by atoms with Crippen LogP contribution >= 0.6 is 11.6 Å². The Labute approximate surface area is 113 Å². The predicted molar refractivity (Wildman–Crippen MR) is 75.7 cm³/mol. The molecule has 1 aliphatic rings. The highest BCUT2D eigenvalue weighted by molar-refractivity contribution is 6.31. The van der Waals surface area contributed by atoms with Crippen LogP contribution in [0.2, 0.25) is 5.02 Å². The molecule has 1 fully saturated rings. The van der Waals surface area contributed by atoms with Crippen LogP contribution in [0.3, 0.4) is 0 Å². The van der Waals surface area contributed by atoms with Crippen molar-refractivity contribution in [3.05, 3.63) is 40.4 Å². The maximum Gasteiger partial charge on any atom is 0.220 e. The van der Waals surface area contributed by atoms with Crippen molar-refractivity contribution in [3.8, 4) is 0 Å². The van der Waals surface area contributed by atoms with E-state index in [-0.39, 0.29) is 11.9 Å². The molecule has 0 aromatic heterocycles. The van der Waals surface area contributed by atoms with Gasteiger partial charge in [0.2, 0.25) is 5.91 Å². The fourth-order valence-electron chi connectivity index (χ4n) is 2.12. The molecule has 1 amide bonds. The summed E-state index contributed by atoms with van der Waals surface area (Å²) in [5.74, 6) is 0.572. The number of benzene rings is 1. The van der Waals surface area contributed by atoms with Crippen molar-refractivity contribution >= 4 is 23.6 Å². The van der Waals surface area contributed by atoms with Crippen LogP contribution in [0.5, 0.6) is 0 Å². The molecule has 2 rings (SSSR count). The molecule has 1 aliphatic heterocycles. The van der Waals surface area contributed by atoms with Gasteiger partial charge in [-0.3, -0.25) is 4.79 Å². The van der Waals surface area contributed by atoms with Crippen molar-refractivity contribution in [2.75, 3.05) is 0 Å². The van der Waals surface area contributed by atoms with Gasteiger partial charge >= 0.3 is 0 Å². The molecule has 1 atom stereocenters. The van der Waals surface area contributed by atoms with E-state index in [1.54, 1.807) is 0 Å². The summed E-state index contributed by atoms with van der Waals surface area (Å²) in [6.45, 7) is 4.26. The van der Waals surface area contributed by atoms with Gasteiger partial charge < -0.3 is 5.32 Å². The van der Waals surface area contributed by atoms with Gasteiger partial charge in [0.15, 0.2) is 0 Å². The average molecular weight is 264 g/mol. The molecule has 0 spiro atoms. The Balaban J connectivity index is 2.08. The minimum absolute atomic E-state index is 0.137. The van der Waals surface area contributed by atoms with Crippen LogP contribution in [0.1, 0.15) is 43.7 Å². The van der Waals surface area contributed by atoms with Crippen molar-refractivity contribution in [2.24, 2.45) is 0 Å². The van der Waals surface area contributed by atoms with Crippen molar-refractivity contribution < 1.29 is 4.79 Å². The Morgan fingerprint density at radius 3 is 2.78 bits per heavy atom. The first-order valence-corrected chi connectivity index (χ1v) is 6.71. The third-order valence-electron chi connectivity index (χ3n) is 3.20. The summed E-state index contributed by atoms with van der Waals surface area (Å²) < 4.78 is 0. The van der Waals surface area contributed by atoms with E-state index in [0.717, 1.165) is 17.0 Å². The van der Waals surface area contributed by atoms with E-state index in [9.17, 15) is 4.79 Å². The molecule has 96 valence electrons. The van der Waals surface area contributed by atoms with Crippen molar-refractivity contribution in [1.82, 2.24) is 5.32 Å². The smallest absolute Gasteiger partial charge is 0.220 e. The fourth-order valence-corrected chi connectivity index (χ4v) is 2.53. The normalized spacial score (nSPS) is 19.8. The zero-order valence-corrected chi connectivity index (χ0v) is 11.5. The van der Waals surface area contributed by atoms with Crippen LogP contribution in [-0.4, -0.2) is 11.9 Å². The summed E-state index contributed by atoms with van der Waals surface area (Å²) >= 11 is 6.24. The third kappa shape index (κ3) is 3.14. The van der Waals surface area contributed by atoms with Crippen LogP contribution < -0.4 is 5.32 Å². The Kier molecular flexibility index (Phi) is 4.07. The zero-order valence-electron chi connectivity index (χ0n) is 10.7. The highest BCUT2D eigenvalue weighted by atomic mass is 35.5. The summed E-state index contributed by atoms with van der Waals surface area (Å²) in [5, 5.41) is 3.72. The lowest BCUT2D eigenvalue weighted by Gasteiger charge is -2.08. The number of halogens is 1. The Morgan fingerprint density at radius 1 is 1.44 bits per heavy atom. The van der Waals surface area contributed by atoms with Crippen LogP contribution in [0.15, 0.2) is 24.3 Å². The van der Waals surface area contributed by atoms with Gasteiger partial charge in [-0.05, 0) is 29.5 Å². The Bertz CT molecular complexity index is 479. The van der Waals surface area contributed by atoms with Gasteiger partial charge in [-0.25, -0.2) is 0 Å². The number of nitrogens with one attached hydrogen (secondary N) is 1. The van der Waals surface area contributed by atoms with Crippen LogP contribution in [0, 0.1) is 0 Å². The molecule has 0 saturated carbocycles. The van der Waals surface area contributed by atoms with Gasteiger partial charge in [0, 0.05) is 17.5 Å². The maximum absolute atomic E-state index is 11.1. The molecule has 1 aromatic carbocycles. The Hall–Kier alpha value is -1.28. The quantitative estimate of drug-likeness (QED) is 0.884. The van der Waals surface area contributed by atoms with Crippen LogP contribution in [-0.2, 0) is 4.79 Å². The molecule has 1 N–H and O–H groups in total. The van der Waals surface area contributed by atoms with E-state index >= 15 is 0 Å². The first-order valence-electron chi connectivity index (χ1n) is 6.33. The number of carbonyl (C=O) groups is 1. The van der Waals surface area contributed by atoms with Gasteiger partial charge in [0.1, 0.15) is 0 Å². The molecule has 18 heavy (non-hydrogen) atoms. The van der Waals surface area contributed by atoms with E-state index in [1.165, 1.54) is 5.56 Å². The molecular weight excluding hydrogens is 246 g/mol. The second-order valence-corrected chi connectivity index (χ2v) is 5.41. The first kappa shape index (κ1) is 13.2. The van der Waals surface area contributed by atoms with Gasteiger partial charge in [-0.15, -0.1) is 0 Å². The SMILES string of the molecule is CC(C)c1ccc(/C=C/[C@H]2CCC(=O)N2)cc1Cl. The number of amides is 1. The summed E-state index contributed by atoms with van der Waals surface area (Å²) in [7, 11) is 0. The van der Waals surface area contributed by atoms with E-state index in [2.05, 4.69) is 31.3 Å². The molecule has 1 heterocycles. The molecule has 1 saturated heterocycles. The molecule has 0 radical (unpaired) electrons. The predicted octanol–water partition coefficient (Wildman–Crippen LogP) is 3.76. The maximum atomic E-state index is 11.1. The third-order valence-corrected chi connectivity index (χ3v) is 3.52. The highest BCUT2D eigenvalue weighted by Gasteiger charge is 2.17. The largest absolute Gasteiger partial charge is 0.350 e. The van der Waals surface area contributed by atoms with Crippen LogP contribution in [0.25, 0.3) is 6.08 Å². The second-order valence-electron chi connectivity index (χ2n) is 5.01. The summed E-state index contributed by atoms with van der Waals surface area (Å²) in [4.78, 5) is 11.1. The number of rotatable bonds is 3.